The third kappa shape index (κ3) is 6.54. The largest absolute Gasteiger partial charge is 0.376 e. The predicted molar refractivity (Wildman–Crippen MR) is 128 cm³/mol. The molecule has 2 heterocycles. The molecule has 178 valence electrons. The van der Waals surface area contributed by atoms with Crippen molar-refractivity contribution in [3.8, 4) is 0 Å². The first-order valence-corrected chi connectivity index (χ1v) is 11.8. The van der Waals surface area contributed by atoms with Crippen LogP contribution in [0.3, 0.4) is 0 Å². The Bertz CT molecular complexity index is 1060. The quantitative estimate of drug-likeness (QED) is 0.492. The minimum Gasteiger partial charge on any atom is -0.376 e. The second-order valence-corrected chi connectivity index (χ2v) is 8.68. The molecular weight excluding hydrogens is 430 g/mol. The van der Waals surface area contributed by atoms with Crippen molar-refractivity contribution in [1.29, 1.82) is 0 Å². The Hall–Kier alpha value is -3.45. The van der Waals surface area contributed by atoms with Gasteiger partial charge in [-0.2, -0.15) is 0 Å². The van der Waals surface area contributed by atoms with Gasteiger partial charge in [-0.05, 0) is 37.3 Å². The van der Waals surface area contributed by atoms with Crippen molar-refractivity contribution in [3.63, 3.8) is 0 Å². The number of nitrogens with one attached hydrogen (secondary N) is 1. The molecule has 2 atom stereocenters. The van der Waals surface area contributed by atoms with Crippen molar-refractivity contribution >= 4 is 11.8 Å². The van der Waals surface area contributed by atoms with E-state index >= 15 is 0 Å². The molecule has 4 rings (SSSR count). The van der Waals surface area contributed by atoms with E-state index in [1.165, 1.54) is 0 Å². The second kappa shape index (κ2) is 11.6. The molecular formula is C27H31N3O4. The van der Waals surface area contributed by atoms with Crippen molar-refractivity contribution in [2.75, 3.05) is 19.7 Å². The molecule has 3 aromatic rings. The van der Waals surface area contributed by atoms with Crippen LogP contribution in [-0.4, -0.2) is 47.7 Å². The first-order chi connectivity index (χ1) is 16.6. The molecule has 2 unspecified atom stereocenters. The van der Waals surface area contributed by atoms with Crippen molar-refractivity contribution in [2.24, 2.45) is 0 Å². The fourth-order valence-electron chi connectivity index (χ4n) is 4.23. The molecule has 1 N–H and O–H groups in total. The van der Waals surface area contributed by atoms with Crippen molar-refractivity contribution < 1.29 is 18.8 Å². The Labute approximate surface area is 200 Å². The lowest BCUT2D eigenvalue weighted by Crippen LogP contribution is -2.40. The normalized spacial score (nSPS) is 16.2. The average molecular weight is 462 g/mol. The van der Waals surface area contributed by atoms with Gasteiger partial charge in [-0.1, -0.05) is 65.8 Å². The molecule has 2 aromatic carbocycles. The highest BCUT2D eigenvalue weighted by Crippen LogP contribution is 2.19. The third-order valence-electron chi connectivity index (χ3n) is 6.01. The number of benzene rings is 2. The smallest absolute Gasteiger partial charge is 0.276 e. The Kier molecular flexibility index (Phi) is 8.09. The highest BCUT2D eigenvalue weighted by Gasteiger charge is 2.26. The van der Waals surface area contributed by atoms with E-state index in [9.17, 15) is 9.59 Å². The Balaban J connectivity index is 1.42. The average Bonchev–Trinajstić information content (AvgIpc) is 3.54. The van der Waals surface area contributed by atoms with Gasteiger partial charge in [0, 0.05) is 32.2 Å². The summed E-state index contributed by atoms with van der Waals surface area (Å²) in [6.07, 6.45) is 2.74. The van der Waals surface area contributed by atoms with Crippen LogP contribution in [0.2, 0.25) is 0 Å². The zero-order valence-corrected chi connectivity index (χ0v) is 19.5. The summed E-state index contributed by atoms with van der Waals surface area (Å²) in [7, 11) is 0. The van der Waals surface area contributed by atoms with Gasteiger partial charge in [0.1, 0.15) is 5.76 Å². The van der Waals surface area contributed by atoms with Gasteiger partial charge < -0.3 is 19.5 Å². The number of carbonyl (C=O) groups is 2. The monoisotopic (exact) mass is 461 g/mol. The maximum atomic E-state index is 13.1. The van der Waals surface area contributed by atoms with E-state index < -0.39 is 0 Å². The van der Waals surface area contributed by atoms with E-state index in [1.54, 1.807) is 17.9 Å². The van der Waals surface area contributed by atoms with Crippen molar-refractivity contribution in [1.82, 2.24) is 15.4 Å². The molecule has 7 heteroatoms. The van der Waals surface area contributed by atoms with E-state index in [2.05, 4.69) is 22.6 Å². The van der Waals surface area contributed by atoms with Gasteiger partial charge in [0.15, 0.2) is 5.69 Å². The Morgan fingerprint density at radius 1 is 1.12 bits per heavy atom. The van der Waals surface area contributed by atoms with Crippen LogP contribution in [0.4, 0.5) is 0 Å². The van der Waals surface area contributed by atoms with Crippen LogP contribution < -0.4 is 5.32 Å². The van der Waals surface area contributed by atoms with Gasteiger partial charge in [-0.25, -0.2) is 0 Å². The molecule has 34 heavy (non-hydrogen) atoms. The maximum absolute atomic E-state index is 13.1. The second-order valence-electron chi connectivity index (χ2n) is 8.68. The van der Waals surface area contributed by atoms with E-state index in [0.717, 1.165) is 24.0 Å². The molecule has 1 saturated heterocycles. The molecule has 0 bridgehead atoms. The molecule has 1 aliphatic heterocycles. The summed E-state index contributed by atoms with van der Waals surface area (Å²) in [6, 6.07) is 21.5. The topological polar surface area (TPSA) is 84.7 Å². The number of nitrogens with zero attached hydrogens (tertiary/aromatic N) is 2. The molecule has 1 aliphatic rings. The maximum Gasteiger partial charge on any atom is 0.276 e. The van der Waals surface area contributed by atoms with Crippen LogP contribution in [0.5, 0.6) is 0 Å². The first-order valence-electron chi connectivity index (χ1n) is 11.8. The fourth-order valence-corrected chi connectivity index (χ4v) is 4.23. The number of aromatic nitrogens is 1. The number of carbonyl (C=O) groups excluding carboxylic acids is 2. The van der Waals surface area contributed by atoms with Crippen LogP contribution in [0.25, 0.3) is 0 Å². The number of hydrogen-bond donors (Lipinski definition) is 1. The van der Waals surface area contributed by atoms with Gasteiger partial charge in [0.05, 0.1) is 12.1 Å². The SMILES string of the molecule is Cc1cc(C(=O)N(CCC(=O)NC(Cc2ccccc2)c2ccccc2)CC2CCCO2)no1. The van der Waals surface area contributed by atoms with Crippen LogP contribution in [0.15, 0.2) is 71.3 Å². The number of amides is 2. The summed E-state index contributed by atoms with van der Waals surface area (Å²) in [5.41, 5.74) is 2.44. The number of ether oxygens (including phenoxy) is 1. The molecule has 7 nitrogen and oxygen atoms in total. The number of rotatable bonds is 10. The summed E-state index contributed by atoms with van der Waals surface area (Å²) >= 11 is 0. The van der Waals surface area contributed by atoms with Gasteiger partial charge in [0.25, 0.3) is 5.91 Å². The van der Waals surface area contributed by atoms with Gasteiger partial charge in [0.2, 0.25) is 5.91 Å². The van der Waals surface area contributed by atoms with Gasteiger partial charge in [-0.15, -0.1) is 0 Å². The summed E-state index contributed by atoms with van der Waals surface area (Å²) in [5, 5.41) is 7.04. The molecule has 0 aliphatic carbocycles. The van der Waals surface area contributed by atoms with E-state index in [4.69, 9.17) is 9.26 Å². The first kappa shape index (κ1) is 23.7. The number of hydrogen-bond acceptors (Lipinski definition) is 5. The van der Waals surface area contributed by atoms with Crippen molar-refractivity contribution in [2.45, 2.75) is 44.8 Å². The molecule has 0 spiro atoms. The summed E-state index contributed by atoms with van der Waals surface area (Å²) in [5.74, 6) is 0.222. The molecule has 1 fully saturated rings. The van der Waals surface area contributed by atoms with E-state index in [1.807, 2.05) is 48.5 Å². The summed E-state index contributed by atoms with van der Waals surface area (Å²) in [4.78, 5) is 27.7. The van der Waals surface area contributed by atoms with E-state index in [0.29, 0.717) is 25.3 Å². The van der Waals surface area contributed by atoms with Crippen LogP contribution in [0.1, 0.15) is 52.7 Å². The molecule has 1 aromatic heterocycles. The third-order valence-corrected chi connectivity index (χ3v) is 6.01. The zero-order valence-electron chi connectivity index (χ0n) is 19.5. The molecule has 0 saturated carbocycles. The zero-order chi connectivity index (χ0) is 23.8. The van der Waals surface area contributed by atoms with Crippen LogP contribution in [0, 0.1) is 6.92 Å². The minimum atomic E-state index is -0.246. The highest BCUT2D eigenvalue weighted by atomic mass is 16.5. The lowest BCUT2D eigenvalue weighted by molar-refractivity contribution is -0.122. The number of aryl methyl sites for hydroxylation is 1. The Morgan fingerprint density at radius 2 is 1.85 bits per heavy atom. The van der Waals surface area contributed by atoms with Crippen LogP contribution in [-0.2, 0) is 16.0 Å². The summed E-state index contributed by atoms with van der Waals surface area (Å²) < 4.78 is 10.8. The lowest BCUT2D eigenvalue weighted by Gasteiger charge is -2.25. The van der Waals surface area contributed by atoms with Gasteiger partial charge >= 0.3 is 0 Å². The molecule has 2 amide bonds. The fraction of sp³-hybridized carbons (Fsp3) is 0.370. The predicted octanol–water partition coefficient (Wildman–Crippen LogP) is 4.09. The van der Waals surface area contributed by atoms with Crippen molar-refractivity contribution in [3.05, 3.63) is 89.3 Å². The Morgan fingerprint density at radius 3 is 2.50 bits per heavy atom. The highest BCUT2D eigenvalue weighted by molar-refractivity contribution is 5.92. The van der Waals surface area contributed by atoms with Crippen LogP contribution >= 0.6 is 0 Å². The molecule has 0 radical (unpaired) electrons. The summed E-state index contributed by atoms with van der Waals surface area (Å²) in [6.45, 7) is 3.17. The lowest BCUT2D eigenvalue weighted by atomic mass is 9.98. The van der Waals surface area contributed by atoms with Gasteiger partial charge in [-0.3, -0.25) is 9.59 Å². The van der Waals surface area contributed by atoms with E-state index in [-0.39, 0.29) is 42.6 Å². The standard InChI is InChI=1S/C27H31N3O4/c1-20-17-25(29-34-20)27(32)30(19-23-13-8-16-33-23)15-14-26(31)28-24(22-11-6-3-7-12-22)18-21-9-4-2-5-10-21/h2-7,9-12,17,23-24H,8,13-16,18-19H2,1H3,(H,28,31). The minimum absolute atomic E-state index is 0.0184.